The minimum Gasteiger partial charge on any atom is -0.311 e. The summed E-state index contributed by atoms with van der Waals surface area (Å²) in [5, 5.41) is 2.31. The van der Waals surface area contributed by atoms with Crippen molar-refractivity contribution in [2.75, 3.05) is 9.80 Å². The predicted octanol–water partition coefficient (Wildman–Crippen LogP) is 17.5. The molecule has 0 N–H and O–H groups in total. The average Bonchev–Trinajstić information content (AvgIpc) is 1.39. The number of aromatic nitrogens is 6. The SMILES string of the molecule is c1ccc(-c2cc(-c3ccc(-n4c5ccccc5c5ccccc54)c(-c4nc(-c5ccccc5)nc(-c5ccc(-c6cc7c8c(c6)N(c6ccccc6)c6ccccc6B8c6ccccc6N7c6ccccc6)cc5)n4)c3)nc(-c3ccccc3)n2)cc1. The fraction of sp³-hybridized carbons (Fsp3) is 0. The van der Waals surface area contributed by atoms with Crippen LogP contribution in [-0.4, -0.2) is 36.2 Å². The van der Waals surface area contributed by atoms with Crippen LogP contribution < -0.4 is 26.2 Å². The van der Waals surface area contributed by atoms with Crippen LogP contribution in [0.5, 0.6) is 0 Å². The molecule has 88 heavy (non-hydrogen) atoms. The Morgan fingerprint density at radius 1 is 0.250 bits per heavy atom. The second kappa shape index (κ2) is 21.1. The van der Waals surface area contributed by atoms with Crippen LogP contribution in [0.25, 0.3) is 107 Å². The Labute approximate surface area is 509 Å². The van der Waals surface area contributed by atoms with Crippen molar-refractivity contribution in [2.24, 2.45) is 0 Å². The summed E-state index contributed by atoms with van der Waals surface area (Å²) in [6, 6.07) is 109. The third-order valence-electron chi connectivity index (χ3n) is 17.2. The Hall–Kier alpha value is -11.8. The lowest BCUT2D eigenvalue weighted by Crippen LogP contribution is -2.61. The number of nitrogens with zero attached hydrogens (tertiary/aromatic N) is 8. The zero-order valence-electron chi connectivity index (χ0n) is 47.6. The number of fused-ring (bicyclic) bond motifs is 7. The molecule has 0 saturated carbocycles. The van der Waals surface area contributed by atoms with Crippen molar-refractivity contribution in [2.45, 2.75) is 0 Å². The number of hydrogen-bond donors (Lipinski definition) is 0. The molecule has 0 unspecified atom stereocenters. The van der Waals surface area contributed by atoms with E-state index in [1.54, 1.807) is 0 Å². The van der Waals surface area contributed by atoms with Crippen LogP contribution in [0.4, 0.5) is 34.1 Å². The number of benzene rings is 12. The van der Waals surface area contributed by atoms with E-state index in [1.165, 1.54) is 27.8 Å². The molecule has 17 rings (SSSR count). The lowest BCUT2D eigenvalue weighted by Gasteiger charge is -2.44. The highest BCUT2D eigenvalue weighted by atomic mass is 15.2. The van der Waals surface area contributed by atoms with E-state index < -0.39 is 0 Å². The highest BCUT2D eigenvalue weighted by Gasteiger charge is 2.43. The molecule has 9 heteroatoms. The smallest absolute Gasteiger partial charge is 0.252 e. The van der Waals surface area contributed by atoms with Gasteiger partial charge in [-0.05, 0) is 106 Å². The number of rotatable bonds is 10. The van der Waals surface area contributed by atoms with Gasteiger partial charge < -0.3 is 14.4 Å². The van der Waals surface area contributed by atoms with E-state index in [-0.39, 0.29) is 6.71 Å². The van der Waals surface area contributed by atoms with E-state index in [9.17, 15) is 0 Å². The van der Waals surface area contributed by atoms with Gasteiger partial charge in [0, 0.05) is 78.3 Å². The zero-order valence-corrected chi connectivity index (χ0v) is 47.6. The molecule has 0 bridgehead atoms. The quantitative estimate of drug-likeness (QED) is 0.126. The molecular formula is C79H51BN8. The largest absolute Gasteiger partial charge is 0.311 e. The zero-order chi connectivity index (χ0) is 58.1. The fourth-order valence-electron chi connectivity index (χ4n) is 13.2. The summed E-state index contributed by atoms with van der Waals surface area (Å²) in [4.78, 5) is 31.7. The Balaban J connectivity index is 0.859. The van der Waals surface area contributed by atoms with Gasteiger partial charge in [0.05, 0.1) is 28.1 Å². The van der Waals surface area contributed by atoms with Crippen molar-refractivity contribution in [3.8, 4) is 84.9 Å². The van der Waals surface area contributed by atoms with Crippen LogP contribution in [0.2, 0.25) is 0 Å². The molecule has 0 spiro atoms. The van der Waals surface area contributed by atoms with Gasteiger partial charge in [-0.3, -0.25) is 0 Å². The summed E-state index contributed by atoms with van der Waals surface area (Å²) in [6.45, 7) is 0.0150. The highest BCUT2D eigenvalue weighted by Crippen LogP contribution is 2.47. The van der Waals surface area contributed by atoms with E-state index in [2.05, 4.69) is 269 Å². The summed E-state index contributed by atoms with van der Waals surface area (Å²) in [7, 11) is 0. The van der Waals surface area contributed by atoms with Gasteiger partial charge >= 0.3 is 0 Å². The summed E-state index contributed by atoms with van der Waals surface area (Å²) < 4.78 is 2.35. The highest BCUT2D eigenvalue weighted by molar-refractivity contribution is 7.00. The molecule has 0 radical (unpaired) electrons. The van der Waals surface area contributed by atoms with Gasteiger partial charge in [-0.1, -0.05) is 231 Å². The monoisotopic (exact) mass is 1120 g/mol. The van der Waals surface area contributed by atoms with Crippen molar-refractivity contribution in [3.63, 3.8) is 0 Å². The number of hydrogen-bond acceptors (Lipinski definition) is 7. The van der Waals surface area contributed by atoms with Crippen molar-refractivity contribution in [1.82, 2.24) is 29.5 Å². The van der Waals surface area contributed by atoms with E-state index in [1.807, 2.05) is 54.6 Å². The van der Waals surface area contributed by atoms with Gasteiger partial charge in [0.2, 0.25) is 0 Å². The normalized spacial score (nSPS) is 12.2. The first-order valence-corrected chi connectivity index (χ1v) is 29.8. The maximum Gasteiger partial charge on any atom is 0.252 e. The molecular weight excluding hydrogens is 1070 g/mol. The summed E-state index contributed by atoms with van der Waals surface area (Å²) in [5.74, 6) is 2.28. The molecule has 8 nitrogen and oxygen atoms in total. The first-order valence-electron chi connectivity index (χ1n) is 29.8. The van der Waals surface area contributed by atoms with Crippen LogP contribution >= 0.6 is 0 Å². The summed E-state index contributed by atoms with van der Waals surface area (Å²) in [6.07, 6.45) is 0. The molecule has 0 aliphatic carbocycles. The van der Waals surface area contributed by atoms with E-state index in [0.29, 0.717) is 23.3 Å². The van der Waals surface area contributed by atoms with Crippen LogP contribution in [-0.2, 0) is 0 Å². The molecule has 3 aromatic heterocycles. The van der Waals surface area contributed by atoms with E-state index in [0.717, 1.165) is 106 Å². The molecule has 0 atom stereocenters. The summed E-state index contributed by atoms with van der Waals surface area (Å²) >= 11 is 0. The predicted molar refractivity (Wildman–Crippen MR) is 362 cm³/mol. The van der Waals surface area contributed by atoms with Crippen LogP contribution in [0.15, 0.2) is 309 Å². The second-order valence-electron chi connectivity index (χ2n) is 22.4. The Bertz CT molecular complexity index is 4930. The molecule has 410 valence electrons. The number of para-hydroxylation sites is 6. The third-order valence-corrected chi connectivity index (χ3v) is 17.2. The third kappa shape index (κ3) is 8.58. The molecule has 2 aliphatic rings. The topological polar surface area (TPSA) is 75.9 Å². The standard InChI is InChI=1S/C79H51BN8/c1-6-24-53(25-7-1)66-51-67(82-76(81-66)54-26-8-2-9-27-54)57-46-47-70(88-68-38-20-16-34-61(68)62-35-17-21-39-69(62)88)63(48-57)79-84-77(55-28-10-3-11-29-55)83-78(85-79)56-44-42-52(43-45-56)58-49-73-75-74(50-58)87(60-32-14-5-15-33-60)72-41-23-19-37-65(72)80(75)64-36-18-22-40-71(64)86(73)59-30-12-4-13-31-59/h1-51H. The fourth-order valence-corrected chi connectivity index (χ4v) is 13.2. The maximum absolute atomic E-state index is 5.55. The second-order valence-corrected chi connectivity index (χ2v) is 22.4. The molecule has 0 saturated heterocycles. The molecule has 2 aliphatic heterocycles. The van der Waals surface area contributed by atoms with Gasteiger partial charge in [0.25, 0.3) is 6.71 Å². The molecule has 0 fully saturated rings. The van der Waals surface area contributed by atoms with Crippen molar-refractivity contribution in [1.29, 1.82) is 0 Å². The van der Waals surface area contributed by atoms with Gasteiger partial charge in [-0.25, -0.2) is 24.9 Å². The van der Waals surface area contributed by atoms with Crippen molar-refractivity contribution in [3.05, 3.63) is 309 Å². The van der Waals surface area contributed by atoms with Gasteiger partial charge in [-0.15, -0.1) is 0 Å². The Kier molecular flexibility index (Phi) is 12.1. The van der Waals surface area contributed by atoms with Crippen molar-refractivity contribution >= 4 is 79.0 Å². The van der Waals surface area contributed by atoms with Crippen LogP contribution in [0.1, 0.15) is 0 Å². The molecule has 5 heterocycles. The average molecular weight is 1120 g/mol. The molecule has 0 amide bonds. The van der Waals surface area contributed by atoms with Crippen LogP contribution in [0, 0.1) is 0 Å². The van der Waals surface area contributed by atoms with Crippen LogP contribution in [0.3, 0.4) is 0 Å². The Morgan fingerprint density at radius 2 is 0.648 bits per heavy atom. The molecule has 15 aromatic rings. The maximum atomic E-state index is 5.55. The van der Waals surface area contributed by atoms with Gasteiger partial charge in [0.1, 0.15) is 0 Å². The lowest BCUT2D eigenvalue weighted by atomic mass is 9.33. The number of anilines is 6. The minimum absolute atomic E-state index is 0.0150. The first-order chi connectivity index (χ1) is 43.6. The van der Waals surface area contributed by atoms with Crippen molar-refractivity contribution < 1.29 is 0 Å². The minimum atomic E-state index is 0.0150. The van der Waals surface area contributed by atoms with E-state index >= 15 is 0 Å². The van der Waals surface area contributed by atoms with Gasteiger partial charge in [0.15, 0.2) is 23.3 Å². The van der Waals surface area contributed by atoms with E-state index in [4.69, 9.17) is 24.9 Å². The Morgan fingerprint density at radius 3 is 1.18 bits per heavy atom. The van der Waals surface area contributed by atoms with Gasteiger partial charge in [-0.2, -0.15) is 0 Å². The summed E-state index contributed by atoms with van der Waals surface area (Å²) in [5.41, 5.74) is 22.9. The first kappa shape index (κ1) is 50.7. The lowest BCUT2D eigenvalue weighted by molar-refractivity contribution is 1.06. The molecule has 12 aromatic carbocycles.